The molecule has 1 aromatic rings. The van der Waals surface area contributed by atoms with Gasteiger partial charge in [-0.2, -0.15) is 0 Å². The molecule has 0 unspecified atom stereocenters. The number of nitrogens with two attached hydrogens (primary N) is 1. The highest BCUT2D eigenvalue weighted by Crippen LogP contribution is 2.28. The summed E-state index contributed by atoms with van der Waals surface area (Å²) in [5.74, 6) is 0.918. The van der Waals surface area contributed by atoms with Crippen molar-refractivity contribution in [3.05, 3.63) is 29.8 Å². The van der Waals surface area contributed by atoms with Gasteiger partial charge in [-0.15, -0.1) is 0 Å². The Morgan fingerprint density at radius 3 is 2.47 bits per heavy atom. The topological polar surface area (TPSA) is 29.3 Å². The third-order valence-corrected chi connectivity index (χ3v) is 4.44. The molecule has 0 atom stereocenters. The Morgan fingerprint density at radius 2 is 1.84 bits per heavy atom. The van der Waals surface area contributed by atoms with Gasteiger partial charge in [-0.05, 0) is 56.2 Å². The van der Waals surface area contributed by atoms with Crippen LogP contribution < -0.4 is 5.73 Å². The van der Waals surface area contributed by atoms with E-state index < -0.39 is 0 Å². The molecule has 0 radical (unpaired) electrons. The van der Waals surface area contributed by atoms with Crippen molar-refractivity contribution in [2.75, 3.05) is 12.3 Å². The first-order valence-electron chi connectivity index (χ1n) is 7.78. The maximum Gasteiger partial charge on any atom is 0.0359 e. The van der Waals surface area contributed by atoms with E-state index in [-0.39, 0.29) is 0 Å². The van der Waals surface area contributed by atoms with Gasteiger partial charge in [-0.1, -0.05) is 32.0 Å². The van der Waals surface area contributed by atoms with Crippen LogP contribution in [0.5, 0.6) is 0 Å². The maximum atomic E-state index is 6.09. The second kappa shape index (κ2) is 6.95. The molecule has 2 rings (SSSR count). The molecule has 0 heterocycles. The smallest absolute Gasteiger partial charge is 0.0359 e. The zero-order chi connectivity index (χ0) is 13.7. The van der Waals surface area contributed by atoms with Gasteiger partial charge in [-0.3, -0.25) is 4.90 Å². The summed E-state index contributed by atoms with van der Waals surface area (Å²) >= 11 is 0. The van der Waals surface area contributed by atoms with E-state index in [1.165, 1.54) is 44.2 Å². The number of para-hydroxylation sites is 1. The molecule has 2 N–H and O–H groups in total. The van der Waals surface area contributed by atoms with Crippen LogP contribution in [0.4, 0.5) is 5.69 Å². The summed E-state index contributed by atoms with van der Waals surface area (Å²) in [6.45, 7) is 6.86. The molecule has 1 saturated carbocycles. The fraction of sp³-hybridized carbons (Fsp3) is 0.647. The SMILES string of the molecule is CCCN(Cc1ccccc1N)C1CCC(C)CC1. The fourth-order valence-corrected chi connectivity index (χ4v) is 3.18. The molecule has 2 heteroatoms. The third-order valence-electron chi connectivity index (χ3n) is 4.44. The number of hydrogen-bond donors (Lipinski definition) is 1. The Bertz CT molecular complexity index is 381. The van der Waals surface area contributed by atoms with Crippen molar-refractivity contribution >= 4 is 5.69 Å². The van der Waals surface area contributed by atoms with Crippen molar-refractivity contribution in [2.45, 2.75) is 58.5 Å². The van der Waals surface area contributed by atoms with E-state index in [1.807, 2.05) is 12.1 Å². The maximum absolute atomic E-state index is 6.09. The Morgan fingerprint density at radius 1 is 1.16 bits per heavy atom. The first-order valence-corrected chi connectivity index (χ1v) is 7.78. The van der Waals surface area contributed by atoms with Crippen LogP contribution in [0.3, 0.4) is 0 Å². The van der Waals surface area contributed by atoms with Crippen molar-refractivity contribution in [2.24, 2.45) is 5.92 Å². The van der Waals surface area contributed by atoms with Crippen LogP contribution in [-0.4, -0.2) is 17.5 Å². The molecule has 0 saturated heterocycles. The Labute approximate surface area is 118 Å². The van der Waals surface area contributed by atoms with E-state index in [1.54, 1.807) is 0 Å². The van der Waals surface area contributed by atoms with Gasteiger partial charge in [0.05, 0.1) is 0 Å². The van der Waals surface area contributed by atoms with E-state index in [2.05, 4.69) is 30.9 Å². The molecule has 0 spiro atoms. The highest BCUT2D eigenvalue weighted by molar-refractivity contribution is 5.46. The molecular formula is C17H28N2. The number of anilines is 1. The van der Waals surface area contributed by atoms with E-state index in [0.717, 1.165) is 24.2 Å². The molecule has 2 nitrogen and oxygen atoms in total. The summed E-state index contributed by atoms with van der Waals surface area (Å²) in [6, 6.07) is 9.06. The van der Waals surface area contributed by atoms with Crippen molar-refractivity contribution in [3.8, 4) is 0 Å². The number of benzene rings is 1. The molecular weight excluding hydrogens is 232 g/mol. The minimum atomic E-state index is 0.760. The van der Waals surface area contributed by atoms with Crippen LogP contribution in [-0.2, 0) is 6.54 Å². The summed E-state index contributed by atoms with van der Waals surface area (Å²) in [6.07, 6.45) is 6.70. The second-order valence-corrected chi connectivity index (χ2v) is 6.08. The van der Waals surface area contributed by atoms with Gasteiger partial charge in [0.2, 0.25) is 0 Å². The molecule has 1 aromatic carbocycles. The van der Waals surface area contributed by atoms with Crippen molar-refractivity contribution in [1.29, 1.82) is 0 Å². The van der Waals surface area contributed by atoms with Crippen LogP contribution in [0.25, 0.3) is 0 Å². The fourth-order valence-electron chi connectivity index (χ4n) is 3.18. The molecule has 19 heavy (non-hydrogen) atoms. The lowest BCUT2D eigenvalue weighted by Crippen LogP contribution is -2.38. The lowest BCUT2D eigenvalue weighted by molar-refractivity contribution is 0.133. The van der Waals surface area contributed by atoms with Gasteiger partial charge in [0.25, 0.3) is 0 Å². The van der Waals surface area contributed by atoms with E-state index in [4.69, 9.17) is 5.73 Å². The molecule has 0 amide bonds. The summed E-state index contributed by atoms with van der Waals surface area (Å²) in [4.78, 5) is 2.65. The van der Waals surface area contributed by atoms with Gasteiger partial charge >= 0.3 is 0 Å². The quantitative estimate of drug-likeness (QED) is 0.809. The first kappa shape index (κ1) is 14.4. The van der Waals surface area contributed by atoms with E-state index in [0.29, 0.717) is 0 Å². The predicted octanol–water partition coefficient (Wildman–Crippen LogP) is 4.06. The van der Waals surface area contributed by atoms with Crippen LogP contribution in [0.1, 0.15) is 51.5 Å². The molecule has 0 aliphatic heterocycles. The standard InChI is InChI=1S/C17H28N2/c1-3-12-19(16-10-8-14(2)9-11-16)13-15-6-4-5-7-17(15)18/h4-7,14,16H,3,8-13,18H2,1-2H3. The molecule has 1 aliphatic carbocycles. The minimum absolute atomic E-state index is 0.760. The number of rotatable bonds is 5. The van der Waals surface area contributed by atoms with Gasteiger partial charge in [-0.25, -0.2) is 0 Å². The highest BCUT2D eigenvalue weighted by Gasteiger charge is 2.23. The summed E-state index contributed by atoms with van der Waals surface area (Å²) in [5.41, 5.74) is 8.31. The van der Waals surface area contributed by atoms with E-state index in [9.17, 15) is 0 Å². The average Bonchev–Trinajstić information content (AvgIpc) is 2.42. The Balaban J connectivity index is 2.02. The van der Waals surface area contributed by atoms with Crippen LogP contribution in [0, 0.1) is 5.92 Å². The molecule has 1 aliphatic rings. The summed E-state index contributed by atoms with van der Waals surface area (Å²) in [5, 5.41) is 0. The van der Waals surface area contributed by atoms with Crippen LogP contribution in [0.2, 0.25) is 0 Å². The molecule has 0 aromatic heterocycles. The number of hydrogen-bond acceptors (Lipinski definition) is 2. The average molecular weight is 260 g/mol. The molecule has 106 valence electrons. The lowest BCUT2D eigenvalue weighted by atomic mass is 9.86. The van der Waals surface area contributed by atoms with E-state index >= 15 is 0 Å². The van der Waals surface area contributed by atoms with Gasteiger partial charge < -0.3 is 5.73 Å². The number of nitrogen functional groups attached to an aromatic ring is 1. The van der Waals surface area contributed by atoms with Crippen molar-refractivity contribution < 1.29 is 0 Å². The van der Waals surface area contributed by atoms with Crippen LogP contribution in [0.15, 0.2) is 24.3 Å². The second-order valence-electron chi connectivity index (χ2n) is 6.08. The zero-order valence-electron chi connectivity index (χ0n) is 12.4. The van der Waals surface area contributed by atoms with Gasteiger partial charge in [0.1, 0.15) is 0 Å². The normalized spacial score (nSPS) is 23.7. The van der Waals surface area contributed by atoms with Gasteiger partial charge in [0, 0.05) is 18.3 Å². The summed E-state index contributed by atoms with van der Waals surface area (Å²) < 4.78 is 0. The predicted molar refractivity (Wildman–Crippen MR) is 83.0 cm³/mol. The molecule has 0 bridgehead atoms. The Hall–Kier alpha value is -1.02. The summed E-state index contributed by atoms with van der Waals surface area (Å²) in [7, 11) is 0. The first-order chi connectivity index (χ1) is 9.20. The van der Waals surface area contributed by atoms with Crippen LogP contribution >= 0.6 is 0 Å². The third kappa shape index (κ3) is 3.97. The zero-order valence-corrected chi connectivity index (χ0v) is 12.4. The highest BCUT2D eigenvalue weighted by atomic mass is 15.2. The van der Waals surface area contributed by atoms with Gasteiger partial charge in [0.15, 0.2) is 0 Å². The largest absolute Gasteiger partial charge is 0.398 e. The number of nitrogens with zero attached hydrogens (tertiary/aromatic N) is 1. The minimum Gasteiger partial charge on any atom is -0.398 e. The molecule has 1 fully saturated rings. The van der Waals surface area contributed by atoms with Crippen molar-refractivity contribution in [3.63, 3.8) is 0 Å². The monoisotopic (exact) mass is 260 g/mol. The van der Waals surface area contributed by atoms with Crippen molar-refractivity contribution in [1.82, 2.24) is 4.90 Å². The lowest BCUT2D eigenvalue weighted by Gasteiger charge is -2.36. The Kier molecular flexibility index (Phi) is 5.26.